The van der Waals surface area contributed by atoms with E-state index in [0.717, 1.165) is 18.5 Å². The van der Waals surface area contributed by atoms with Crippen LogP contribution in [-0.4, -0.2) is 21.8 Å². The van der Waals surface area contributed by atoms with Crippen molar-refractivity contribution in [2.45, 2.75) is 105 Å². The third-order valence-electron chi connectivity index (χ3n) is 4.34. The minimum absolute atomic E-state index is 0.199. The smallest absolute Gasteiger partial charge is 0.338 e. The predicted molar refractivity (Wildman–Crippen MR) is 96.0 cm³/mol. The maximum atomic E-state index is 6.77. The van der Waals surface area contributed by atoms with Gasteiger partial charge in [0, 0.05) is 7.11 Å². The highest BCUT2D eigenvalue weighted by molar-refractivity contribution is 6.67. The summed E-state index contributed by atoms with van der Waals surface area (Å²) in [6, 6.07) is 2.30. The normalized spacial score (nSPS) is 14.4. The molecule has 2 nitrogen and oxygen atoms in total. The first-order valence-corrected chi connectivity index (χ1v) is 11.3. The SMILES string of the molecule is CCCCC(O[Si](CCCC)(CCCC)OC)C(C)(C)C. The molecule has 0 aromatic carbocycles. The fraction of sp³-hybridized carbons (Fsp3) is 1.00. The van der Waals surface area contributed by atoms with Crippen LogP contribution in [0.5, 0.6) is 0 Å². The molecule has 1 unspecified atom stereocenters. The molecule has 0 saturated carbocycles. The number of hydrogen-bond acceptors (Lipinski definition) is 2. The summed E-state index contributed by atoms with van der Waals surface area (Å²) >= 11 is 0. The first-order valence-electron chi connectivity index (χ1n) is 9.08. The van der Waals surface area contributed by atoms with Gasteiger partial charge in [-0.05, 0) is 23.9 Å². The van der Waals surface area contributed by atoms with Gasteiger partial charge in [-0.15, -0.1) is 0 Å². The van der Waals surface area contributed by atoms with Gasteiger partial charge in [-0.1, -0.05) is 80.1 Å². The Balaban J connectivity index is 4.99. The lowest BCUT2D eigenvalue weighted by Gasteiger charge is -2.39. The third kappa shape index (κ3) is 8.37. The van der Waals surface area contributed by atoms with Gasteiger partial charge in [0.05, 0.1) is 6.10 Å². The molecule has 0 bridgehead atoms. The highest BCUT2D eigenvalue weighted by Gasteiger charge is 2.40. The summed E-state index contributed by atoms with van der Waals surface area (Å²) in [7, 11) is -0.148. The fourth-order valence-electron chi connectivity index (χ4n) is 2.70. The molecule has 0 spiro atoms. The summed E-state index contributed by atoms with van der Waals surface area (Å²) in [5.41, 5.74) is 0.199. The Morgan fingerprint density at radius 2 is 1.33 bits per heavy atom. The van der Waals surface area contributed by atoms with Gasteiger partial charge in [0.25, 0.3) is 0 Å². The average molecular weight is 317 g/mol. The van der Waals surface area contributed by atoms with Gasteiger partial charge in [-0.25, -0.2) is 0 Å². The third-order valence-corrected chi connectivity index (χ3v) is 8.03. The largest absolute Gasteiger partial charge is 0.398 e. The molecule has 21 heavy (non-hydrogen) atoms. The van der Waals surface area contributed by atoms with Crippen molar-refractivity contribution in [3.63, 3.8) is 0 Å². The predicted octanol–water partition coefficient (Wildman–Crippen LogP) is 6.30. The topological polar surface area (TPSA) is 18.5 Å². The Bertz CT molecular complexity index is 240. The second-order valence-electron chi connectivity index (χ2n) is 7.44. The molecule has 0 fully saturated rings. The van der Waals surface area contributed by atoms with E-state index in [1.54, 1.807) is 0 Å². The van der Waals surface area contributed by atoms with Gasteiger partial charge in [-0.2, -0.15) is 0 Å². The van der Waals surface area contributed by atoms with Crippen LogP contribution in [0, 0.1) is 5.41 Å². The highest BCUT2D eigenvalue weighted by Crippen LogP contribution is 2.33. The van der Waals surface area contributed by atoms with Crippen molar-refractivity contribution in [1.29, 1.82) is 0 Å². The summed E-state index contributed by atoms with van der Waals surface area (Å²) < 4.78 is 12.8. The summed E-state index contributed by atoms with van der Waals surface area (Å²) in [6.45, 7) is 13.7. The van der Waals surface area contributed by atoms with E-state index in [4.69, 9.17) is 8.85 Å². The molecule has 0 aliphatic heterocycles. The molecule has 0 aromatic rings. The van der Waals surface area contributed by atoms with Crippen LogP contribution in [0.2, 0.25) is 12.1 Å². The maximum absolute atomic E-state index is 6.77. The standard InChI is InChI=1S/C18H40O2Si/c1-8-11-14-17(18(4,5)6)20-21(19-7,15-12-9-2)16-13-10-3/h17H,8-16H2,1-7H3. The van der Waals surface area contributed by atoms with Crippen molar-refractivity contribution in [2.75, 3.05) is 7.11 Å². The molecule has 3 heteroatoms. The van der Waals surface area contributed by atoms with E-state index >= 15 is 0 Å². The van der Waals surface area contributed by atoms with Gasteiger partial charge >= 0.3 is 8.56 Å². The maximum Gasteiger partial charge on any atom is 0.338 e. The van der Waals surface area contributed by atoms with Crippen molar-refractivity contribution < 1.29 is 8.85 Å². The van der Waals surface area contributed by atoms with Gasteiger partial charge in [0.15, 0.2) is 0 Å². The molecule has 0 radical (unpaired) electrons. The Morgan fingerprint density at radius 1 is 0.857 bits per heavy atom. The van der Waals surface area contributed by atoms with E-state index in [0.29, 0.717) is 6.10 Å². The Labute approximate surface area is 135 Å². The van der Waals surface area contributed by atoms with Crippen LogP contribution in [0.15, 0.2) is 0 Å². The van der Waals surface area contributed by atoms with E-state index < -0.39 is 8.56 Å². The molecule has 0 amide bonds. The second kappa shape index (κ2) is 10.8. The minimum atomic E-state index is -2.03. The van der Waals surface area contributed by atoms with Crippen LogP contribution in [0.4, 0.5) is 0 Å². The van der Waals surface area contributed by atoms with Crippen LogP contribution < -0.4 is 0 Å². The number of rotatable bonds is 12. The first-order chi connectivity index (χ1) is 9.85. The van der Waals surface area contributed by atoms with E-state index in [9.17, 15) is 0 Å². The van der Waals surface area contributed by atoms with Crippen molar-refractivity contribution in [3.8, 4) is 0 Å². The molecule has 0 saturated heterocycles. The average Bonchev–Trinajstić information content (AvgIpc) is 2.44. The molecule has 0 aliphatic rings. The van der Waals surface area contributed by atoms with Crippen molar-refractivity contribution in [3.05, 3.63) is 0 Å². The second-order valence-corrected chi connectivity index (χ2v) is 10.9. The van der Waals surface area contributed by atoms with Crippen LogP contribution in [0.1, 0.15) is 86.5 Å². The zero-order valence-electron chi connectivity index (χ0n) is 15.8. The van der Waals surface area contributed by atoms with Crippen molar-refractivity contribution in [2.24, 2.45) is 5.41 Å². The molecular formula is C18H40O2Si. The van der Waals surface area contributed by atoms with Gasteiger partial charge < -0.3 is 8.85 Å². The van der Waals surface area contributed by atoms with Crippen molar-refractivity contribution in [1.82, 2.24) is 0 Å². The lowest BCUT2D eigenvalue weighted by Crippen LogP contribution is -2.47. The molecular weight excluding hydrogens is 276 g/mol. The Hall–Kier alpha value is 0.137. The molecule has 0 N–H and O–H groups in total. The minimum Gasteiger partial charge on any atom is -0.398 e. The summed E-state index contributed by atoms with van der Waals surface area (Å²) in [5.74, 6) is 0. The van der Waals surface area contributed by atoms with Gasteiger partial charge in [0.2, 0.25) is 0 Å². The van der Waals surface area contributed by atoms with E-state index in [1.807, 2.05) is 7.11 Å². The zero-order chi connectivity index (χ0) is 16.4. The molecule has 1 atom stereocenters. The fourth-order valence-corrected chi connectivity index (χ4v) is 6.47. The van der Waals surface area contributed by atoms with E-state index in [-0.39, 0.29) is 5.41 Å². The van der Waals surface area contributed by atoms with E-state index in [2.05, 4.69) is 41.5 Å². The summed E-state index contributed by atoms with van der Waals surface area (Å²) in [4.78, 5) is 0. The van der Waals surface area contributed by atoms with Crippen molar-refractivity contribution >= 4 is 8.56 Å². The lowest BCUT2D eigenvalue weighted by atomic mass is 9.86. The van der Waals surface area contributed by atoms with Gasteiger partial charge in [0.1, 0.15) is 0 Å². The van der Waals surface area contributed by atoms with Crippen LogP contribution >= 0.6 is 0 Å². The first kappa shape index (κ1) is 21.1. The zero-order valence-corrected chi connectivity index (χ0v) is 16.8. The van der Waals surface area contributed by atoms with Crippen LogP contribution in [-0.2, 0) is 8.85 Å². The monoisotopic (exact) mass is 316 g/mol. The molecule has 0 aromatic heterocycles. The molecule has 0 aliphatic carbocycles. The summed E-state index contributed by atoms with van der Waals surface area (Å²) in [5, 5.41) is 0. The Kier molecular flexibility index (Phi) is 10.9. The number of hydrogen-bond donors (Lipinski definition) is 0. The van der Waals surface area contributed by atoms with Crippen LogP contribution in [0.3, 0.4) is 0 Å². The van der Waals surface area contributed by atoms with Gasteiger partial charge in [-0.3, -0.25) is 0 Å². The number of unbranched alkanes of at least 4 members (excludes halogenated alkanes) is 3. The van der Waals surface area contributed by atoms with Crippen LogP contribution in [0.25, 0.3) is 0 Å². The molecule has 0 heterocycles. The Morgan fingerprint density at radius 3 is 1.67 bits per heavy atom. The lowest BCUT2D eigenvalue weighted by molar-refractivity contribution is 0.0374. The summed E-state index contributed by atoms with van der Waals surface area (Å²) in [6.07, 6.45) is 8.89. The molecule has 0 rings (SSSR count). The highest BCUT2D eigenvalue weighted by atomic mass is 28.4. The molecule has 128 valence electrons. The quantitative estimate of drug-likeness (QED) is 0.393. The van der Waals surface area contributed by atoms with E-state index in [1.165, 1.54) is 38.5 Å².